The fourth-order valence-corrected chi connectivity index (χ4v) is 6.03. The van der Waals surface area contributed by atoms with E-state index in [0.717, 1.165) is 62.1 Å². The lowest BCUT2D eigenvalue weighted by Crippen LogP contribution is -1.96. The lowest BCUT2D eigenvalue weighted by Gasteiger charge is -2.10. The summed E-state index contributed by atoms with van der Waals surface area (Å²) in [7, 11) is -3.30. The van der Waals surface area contributed by atoms with Gasteiger partial charge < -0.3 is 4.98 Å². The zero-order valence-corrected chi connectivity index (χ0v) is 23.4. The molecule has 1 heterocycles. The van der Waals surface area contributed by atoms with Crippen molar-refractivity contribution in [3.63, 3.8) is 0 Å². The summed E-state index contributed by atoms with van der Waals surface area (Å²) in [6.07, 6.45) is 3.50. The summed E-state index contributed by atoms with van der Waals surface area (Å²) in [5, 5.41) is 23.4. The third-order valence-electron chi connectivity index (χ3n) is 7.71. The van der Waals surface area contributed by atoms with Crippen molar-refractivity contribution >= 4 is 42.4 Å². The fourth-order valence-electron chi connectivity index (χ4n) is 5.40. The molecule has 0 saturated heterocycles. The van der Waals surface area contributed by atoms with Gasteiger partial charge in [-0.3, -0.25) is 0 Å². The van der Waals surface area contributed by atoms with Crippen molar-refractivity contribution in [2.24, 2.45) is 5.92 Å². The van der Waals surface area contributed by atoms with Crippen LogP contribution in [0, 0.1) is 40.4 Å². The summed E-state index contributed by atoms with van der Waals surface area (Å²) in [5.41, 5.74) is 5.55. The minimum absolute atomic E-state index is 0.275. The predicted octanol–water partition coefficient (Wildman–Crippen LogP) is 7.11. The highest BCUT2D eigenvalue weighted by Crippen LogP contribution is 2.39. The summed E-state index contributed by atoms with van der Waals surface area (Å²) < 4.78 is 24.0. The minimum Gasteiger partial charge on any atom is -0.337 e. The van der Waals surface area contributed by atoms with Crippen molar-refractivity contribution in [3.8, 4) is 46.5 Å². The van der Waals surface area contributed by atoms with Crippen molar-refractivity contribution in [2.45, 2.75) is 17.7 Å². The van der Waals surface area contributed by atoms with Crippen LogP contribution in [-0.4, -0.2) is 24.6 Å². The molecule has 0 bridgehead atoms. The maximum Gasteiger partial charge on any atom is 0.175 e. The van der Waals surface area contributed by atoms with Gasteiger partial charge >= 0.3 is 0 Å². The van der Waals surface area contributed by atoms with E-state index in [-0.39, 0.29) is 4.90 Å². The molecular formula is C35H22N4O2S. The minimum atomic E-state index is -3.30. The number of nitriles is 2. The molecule has 6 nitrogen and oxygen atoms in total. The molecule has 7 heteroatoms. The number of rotatable bonds is 3. The van der Waals surface area contributed by atoms with Crippen LogP contribution >= 0.6 is 0 Å². The Morgan fingerprint density at radius 1 is 0.810 bits per heavy atom. The molecule has 1 saturated carbocycles. The molecule has 0 atom stereocenters. The third-order valence-corrected chi connectivity index (χ3v) is 8.84. The SMILES string of the molecule is CS(=O)(=O)c1ccc(-c2ccc3c(c2)c2cc(C#CC4CC4)ccc2c2[nH]c(-c4c(C#N)cccc4C#N)nc32)cc1. The number of fused-ring (bicyclic) bond motifs is 6. The number of hydrogen-bond acceptors (Lipinski definition) is 5. The zero-order chi connectivity index (χ0) is 29.0. The number of aromatic amines is 1. The van der Waals surface area contributed by atoms with Gasteiger partial charge in [0.05, 0.1) is 44.8 Å². The van der Waals surface area contributed by atoms with E-state index in [1.807, 2.05) is 36.4 Å². The summed E-state index contributed by atoms with van der Waals surface area (Å²) in [6.45, 7) is 0. The van der Waals surface area contributed by atoms with Crippen molar-refractivity contribution < 1.29 is 8.42 Å². The lowest BCUT2D eigenvalue weighted by atomic mass is 9.95. The van der Waals surface area contributed by atoms with Crippen molar-refractivity contribution in [1.82, 2.24) is 9.97 Å². The van der Waals surface area contributed by atoms with Crippen molar-refractivity contribution in [3.05, 3.63) is 95.6 Å². The fraction of sp³-hybridized carbons (Fsp3) is 0.114. The number of H-pyrrole nitrogens is 1. The van der Waals surface area contributed by atoms with E-state index in [0.29, 0.717) is 28.4 Å². The van der Waals surface area contributed by atoms with Crippen LogP contribution in [0.1, 0.15) is 29.5 Å². The van der Waals surface area contributed by atoms with E-state index < -0.39 is 9.84 Å². The molecule has 6 aromatic rings. The summed E-state index contributed by atoms with van der Waals surface area (Å²) in [5.74, 6) is 7.62. The van der Waals surface area contributed by atoms with Crippen LogP contribution in [0.15, 0.2) is 83.8 Å². The van der Waals surface area contributed by atoms with E-state index in [9.17, 15) is 18.9 Å². The molecule has 1 fully saturated rings. The number of nitrogens with zero attached hydrogens (tertiary/aromatic N) is 3. The highest BCUT2D eigenvalue weighted by molar-refractivity contribution is 7.90. The van der Waals surface area contributed by atoms with Gasteiger partial charge in [-0.1, -0.05) is 48.2 Å². The topological polar surface area (TPSA) is 110 Å². The molecule has 0 unspecified atom stereocenters. The summed E-state index contributed by atoms with van der Waals surface area (Å²) in [4.78, 5) is 8.67. The maximum atomic E-state index is 12.0. The number of hydrogen-bond donors (Lipinski definition) is 1. The van der Waals surface area contributed by atoms with Crippen LogP contribution in [0.3, 0.4) is 0 Å². The summed E-state index contributed by atoms with van der Waals surface area (Å²) in [6, 6.07) is 28.6. The zero-order valence-electron chi connectivity index (χ0n) is 22.6. The van der Waals surface area contributed by atoms with Gasteiger partial charge in [0.1, 0.15) is 5.82 Å². The normalized spacial score (nSPS) is 13.0. The van der Waals surface area contributed by atoms with Crippen LogP contribution < -0.4 is 0 Å². The third kappa shape index (κ3) is 4.36. The number of aromatic nitrogens is 2. The smallest absolute Gasteiger partial charge is 0.175 e. The van der Waals surface area contributed by atoms with Gasteiger partial charge in [0.25, 0.3) is 0 Å². The largest absolute Gasteiger partial charge is 0.337 e. The highest BCUT2D eigenvalue weighted by atomic mass is 32.2. The number of imidazole rings is 1. The van der Waals surface area contributed by atoms with Crippen LogP contribution in [0.2, 0.25) is 0 Å². The van der Waals surface area contributed by atoms with E-state index in [2.05, 4.69) is 41.1 Å². The van der Waals surface area contributed by atoms with Gasteiger partial charge in [-0.25, -0.2) is 13.4 Å². The first kappa shape index (κ1) is 25.5. The molecule has 1 aliphatic carbocycles. The Hall–Kier alpha value is -5.42. The molecular weight excluding hydrogens is 540 g/mol. The Bertz CT molecular complexity index is 2330. The average molecular weight is 563 g/mol. The molecule has 0 radical (unpaired) electrons. The second-order valence-electron chi connectivity index (χ2n) is 10.6. The van der Waals surface area contributed by atoms with E-state index in [4.69, 9.17) is 4.98 Å². The Balaban J connectivity index is 1.51. The molecule has 1 aromatic heterocycles. The van der Waals surface area contributed by atoms with Gasteiger partial charge in [0, 0.05) is 28.5 Å². The van der Waals surface area contributed by atoms with E-state index >= 15 is 0 Å². The first-order valence-corrected chi connectivity index (χ1v) is 15.4. The first-order valence-electron chi connectivity index (χ1n) is 13.5. The molecule has 1 aliphatic rings. The van der Waals surface area contributed by atoms with Gasteiger partial charge in [0.2, 0.25) is 0 Å². The Morgan fingerprint density at radius 2 is 1.48 bits per heavy atom. The quantitative estimate of drug-likeness (QED) is 0.183. The Kier molecular flexibility index (Phi) is 5.84. The summed E-state index contributed by atoms with van der Waals surface area (Å²) >= 11 is 0. The maximum absolute atomic E-state index is 12.0. The Labute approximate surface area is 242 Å². The van der Waals surface area contributed by atoms with Gasteiger partial charge in [-0.05, 0) is 77.2 Å². The molecule has 0 amide bonds. The average Bonchev–Trinajstić information content (AvgIpc) is 3.74. The molecule has 42 heavy (non-hydrogen) atoms. The van der Waals surface area contributed by atoms with Crippen molar-refractivity contribution in [1.29, 1.82) is 10.5 Å². The number of sulfone groups is 1. The van der Waals surface area contributed by atoms with Crippen molar-refractivity contribution in [2.75, 3.05) is 6.26 Å². The Morgan fingerprint density at radius 3 is 2.14 bits per heavy atom. The number of nitrogens with one attached hydrogen (secondary N) is 1. The monoisotopic (exact) mass is 562 g/mol. The van der Waals surface area contributed by atoms with Crippen LogP contribution in [0.5, 0.6) is 0 Å². The standard InChI is InChI=1S/C35H22N4O2S/c1-42(40,41)27-13-10-23(11-14-27)24-12-16-29-31(18-24)30-17-22(8-7-21-5-6-21)9-15-28(30)33-34(29)39-35(38-33)32-25(19-36)3-2-4-26(32)20-37/h2-4,9-18,21H,5-6H2,1H3,(H,38,39). The molecule has 0 spiro atoms. The van der Waals surface area contributed by atoms with Gasteiger partial charge in [-0.15, -0.1) is 0 Å². The molecule has 5 aromatic carbocycles. The molecule has 1 N–H and O–H groups in total. The predicted molar refractivity (Wildman–Crippen MR) is 164 cm³/mol. The van der Waals surface area contributed by atoms with Crippen LogP contribution in [-0.2, 0) is 9.84 Å². The number of benzene rings is 5. The molecule has 7 rings (SSSR count). The van der Waals surface area contributed by atoms with E-state index in [1.54, 1.807) is 30.3 Å². The first-order chi connectivity index (χ1) is 20.3. The lowest BCUT2D eigenvalue weighted by molar-refractivity contribution is 0.602. The van der Waals surface area contributed by atoms with E-state index in [1.165, 1.54) is 6.26 Å². The second-order valence-corrected chi connectivity index (χ2v) is 12.6. The highest BCUT2D eigenvalue weighted by Gasteiger charge is 2.20. The molecule has 200 valence electrons. The molecule has 0 aliphatic heterocycles. The van der Waals surface area contributed by atoms with Crippen LogP contribution in [0.4, 0.5) is 0 Å². The van der Waals surface area contributed by atoms with Gasteiger partial charge in [0.15, 0.2) is 9.84 Å². The second kappa shape index (κ2) is 9.60. The van der Waals surface area contributed by atoms with Gasteiger partial charge in [-0.2, -0.15) is 10.5 Å². The van der Waals surface area contributed by atoms with Crippen LogP contribution in [0.25, 0.3) is 55.1 Å².